The Morgan fingerprint density at radius 3 is 2.27 bits per heavy atom. The zero-order valence-electron chi connectivity index (χ0n) is 8.23. The van der Waals surface area contributed by atoms with Crippen molar-refractivity contribution in [2.24, 2.45) is 0 Å². The number of hydrogen-bond donors (Lipinski definition) is 1. The van der Waals surface area contributed by atoms with Crippen LogP contribution in [0.15, 0.2) is 12.1 Å². The number of hydrogen-bond acceptors (Lipinski definition) is 2. The fourth-order valence-electron chi connectivity index (χ4n) is 1.22. The molecule has 0 fully saturated rings. The maximum atomic E-state index is 13.2. The van der Waals surface area contributed by atoms with Crippen LogP contribution in [-0.2, 0) is 4.79 Å². The summed E-state index contributed by atoms with van der Waals surface area (Å²) in [6.45, 7) is 2.33. The maximum absolute atomic E-state index is 13.2. The molecule has 1 rings (SSSR count). The van der Waals surface area contributed by atoms with Crippen LogP contribution in [0.2, 0.25) is 0 Å². The highest BCUT2D eigenvalue weighted by atomic mass is 19.1. The summed E-state index contributed by atoms with van der Waals surface area (Å²) < 4.78 is 26.0. The highest BCUT2D eigenvalue weighted by Crippen LogP contribution is 2.21. The number of Topliss-reactive ketones (excluding diaryl/α,β-unsaturated/α-hetero) is 1. The lowest BCUT2D eigenvalue weighted by atomic mass is 10.1. The van der Waals surface area contributed by atoms with Crippen LogP contribution in [0.3, 0.4) is 0 Å². The zero-order chi connectivity index (χ0) is 11.6. The van der Waals surface area contributed by atoms with Crippen molar-refractivity contribution in [3.8, 4) is 0 Å². The van der Waals surface area contributed by atoms with E-state index in [9.17, 15) is 18.4 Å². The smallest absolute Gasteiger partial charge is 0.221 e. The fraction of sp³-hybridized carbons (Fsp3) is 0.200. The van der Waals surface area contributed by atoms with Crippen molar-refractivity contribution >= 4 is 17.4 Å². The molecule has 1 amide bonds. The lowest BCUT2D eigenvalue weighted by Gasteiger charge is -2.08. The van der Waals surface area contributed by atoms with Crippen molar-refractivity contribution in [3.05, 3.63) is 29.3 Å². The molecule has 0 radical (unpaired) electrons. The van der Waals surface area contributed by atoms with Gasteiger partial charge in [0.15, 0.2) is 5.78 Å². The van der Waals surface area contributed by atoms with E-state index in [1.54, 1.807) is 0 Å². The molecule has 0 heterocycles. The van der Waals surface area contributed by atoms with E-state index < -0.39 is 23.3 Å². The Balaban J connectivity index is 3.33. The third kappa shape index (κ3) is 2.59. The maximum Gasteiger partial charge on any atom is 0.221 e. The van der Waals surface area contributed by atoms with Crippen molar-refractivity contribution < 1.29 is 18.4 Å². The first kappa shape index (κ1) is 11.3. The molecule has 0 saturated heterocycles. The Morgan fingerprint density at radius 1 is 1.20 bits per heavy atom. The standard InChI is InChI=1S/C10H9F2NO2/c1-5(14)10-8(12)3-7(11)4-9(10)13-6(2)15/h3-4H,1-2H3,(H,13,15). The second kappa shape index (κ2) is 4.16. The fourth-order valence-corrected chi connectivity index (χ4v) is 1.22. The quantitative estimate of drug-likeness (QED) is 0.765. The number of rotatable bonds is 2. The van der Waals surface area contributed by atoms with Crippen LogP contribution in [0.1, 0.15) is 24.2 Å². The predicted molar refractivity (Wildman–Crippen MR) is 50.7 cm³/mol. The molecule has 80 valence electrons. The molecule has 1 aromatic carbocycles. The Hall–Kier alpha value is -1.78. The summed E-state index contributed by atoms with van der Waals surface area (Å²) in [5, 5.41) is 2.20. The van der Waals surface area contributed by atoms with Crippen LogP contribution in [0, 0.1) is 11.6 Å². The van der Waals surface area contributed by atoms with E-state index in [0.717, 1.165) is 13.0 Å². The van der Waals surface area contributed by atoms with Gasteiger partial charge < -0.3 is 5.32 Å². The van der Waals surface area contributed by atoms with Gasteiger partial charge in [-0.05, 0) is 13.0 Å². The predicted octanol–water partition coefficient (Wildman–Crippen LogP) is 2.13. The first-order valence-corrected chi connectivity index (χ1v) is 4.19. The summed E-state index contributed by atoms with van der Waals surface area (Å²) in [5.41, 5.74) is -0.459. The molecule has 1 aromatic rings. The van der Waals surface area contributed by atoms with Crippen molar-refractivity contribution in [1.82, 2.24) is 0 Å². The number of carbonyl (C=O) groups is 2. The molecule has 0 spiro atoms. The number of amides is 1. The number of halogens is 2. The van der Waals surface area contributed by atoms with Crippen LogP contribution in [0.25, 0.3) is 0 Å². The van der Waals surface area contributed by atoms with E-state index in [1.807, 2.05) is 0 Å². The van der Waals surface area contributed by atoms with Crippen LogP contribution >= 0.6 is 0 Å². The highest BCUT2D eigenvalue weighted by molar-refractivity contribution is 6.03. The molecule has 0 atom stereocenters. The molecule has 0 aliphatic heterocycles. The van der Waals surface area contributed by atoms with Gasteiger partial charge in [-0.2, -0.15) is 0 Å². The normalized spacial score (nSPS) is 9.87. The Bertz CT molecular complexity index is 430. The SMILES string of the molecule is CC(=O)Nc1cc(F)cc(F)c1C(C)=O. The number of carbonyl (C=O) groups excluding carboxylic acids is 2. The molecular weight excluding hydrogens is 204 g/mol. The molecule has 0 aromatic heterocycles. The summed E-state index contributed by atoms with van der Waals surface area (Å²) in [5.74, 6) is -2.90. The van der Waals surface area contributed by atoms with Gasteiger partial charge in [0, 0.05) is 13.0 Å². The molecule has 1 N–H and O–H groups in total. The molecule has 3 nitrogen and oxygen atoms in total. The number of anilines is 1. The van der Waals surface area contributed by atoms with Gasteiger partial charge in [0.2, 0.25) is 5.91 Å². The third-order valence-corrected chi connectivity index (χ3v) is 1.72. The van der Waals surface area contributed by atoms with Crippen molar-refractivity contribution in [1.29, 1.82) is 0 Å². The first-order chi connectivity index (χ1) is 6.91. The molecule has 0 bridgehead atoms. The van der Waals surface area contributed by atoms with E-state index >= 15 is 0 Å². The van der Waals surface area contributed by atoms with Gasteiger partial charge in [-0.1, -0.05) is 0 Å². The topological polar surface area (TPSA) is 46.2 Å². The van der Waals surface area contributed by atoms with Gasteiger partial charge in [-0.15, -0.1) is 0 Å². The molecule has 5 heteroatoms. The average molecular weight is 213 g/mol. The third-order valence-electron chi connectivity index (χ3n) is 1.72. The second-order valence-electron chi connectivity index (χ2n) is 3.05. The first-order valence-electron chi connectivity index (χ1n) is 4.19. The van der Waals surface area contributed by atoms with E-state index in [4.69, 9.17) is 0 Å². The van der Waals surface area contributed by atoms with E-state index in [0.29, 0.717) is 6.07 Å². The molecular formula is C10H9F2NO2. The summed E-state index contributed by atoms with van der Waals surface area (Å²) >= 11 is 0. The average Bonchev–Trinajstić information content (AvgIpc) is 1.99. The van der Waals surface area contributed by atoms with Gasteiger partial charge in [-0.3, -0.25) is 9.59 Å². The summed E-state index contributed by atoms with van der Waals surface area (Å²) in [6.07, 6.45) is 0. The lowest BCUT2D eigenvalue weighted by Crippen LogP contribution is -2.12. The van der Waals surface area contributed by atoms with Gasteiger partial charge in [0.05, 0.1) is 11.3 Å². The van der Waals surface area contributed by atoms with Crippen LogP contribution < -0.4 is 5.32 Å². The second-order valence-corrected chi connectivity index (χ2v) is 3.05. The Kier molecular flexibility index (Phi) is 3.14. The van der Waals surface area contributed by atoms with Gasteiger partial charge in [0.1, 0.15) is 11.6 Å². The van der Waals surface area contributed by atoms with Crippen molar-refractivity contribution in [2.75, 3.05) is 5.32 Å². The Labute approximate surface area is 85.1 Å². The van der Waals surface area contributed by atoms with Crippen molar-refractivity contribution in [3.63, 3.8) is 0 Å². The molecule has 0 saturated carbocycles. The zero-order valence-corrected chi connectivity index (χ0v) is 8.23. The largest absolute Gasteiger partial charge is 0.325 e. The summed E-state index contributed by atoms with van der Waals surface area (Å²) in [6, 6.07) is 1.50. The van der Waals surface area contributed by atoms with Gasteiger partial charge in [-0.25, -0.2) is 8.78 Å². The van der Waals surface area contributed by atoms with Crippen LogP contribution in [-0.4, -0.2) is 11.7 Å². The monoisotopic (exact) mass is 213 g/mol. The highest BCUT2D eigenvalue weighted by Gasteiger charge is 2.15. The van der Waals surface area contributed by atoms with Crippen LogP contribution in [0.5, 0.6) is 0 Å². The molecule has 0 unspecified atom stereocenters. The summed E-state index contributed by atoms with van der Waals surface area (Å²) in [4.78, 5) is 21.8. The number of ketones is 1. The van der Waals surface area contributed by atoms with E-state index in [2.05, 4.69) is 5.32 Å². The minimum atomic E-state index is -0.980. The van der Waals surface area contributed by atoms with Crippen LogP contribution in [0.4, 0.5) is 14.5 Å². The van der Waals surface area contributed by atoms with E-state index in [1.165, 1.54) is 6.92 Å². The lowest BCUT2D eigenvalue weighted by molar-refractivity contribution is -0.114. The van der Waals surface area contributed by atoms with E-state index in [-0.39, 0.29) is 11.3 Å². The van der Waals surface area contributed by atoms with Crippen molar-refractivity contribution in [2.45, 2.75) is 13.8 Å². The minimum absolute atomic E-state index is 0.146. The molecule has 0 aliphatic rings. The molecule has 0 aliphatic carbocycles. The summed E-state index contributed by atoms with van der Waals surface area (Å²) in [7, 11) is 0. The molecule has 15 heavy (non-hydrogen) atoms. The number of nitrogens with one attached hydrogen (secondary N) is 1. The minimum Gasteiger partial charge on any atom is -0.325 e. The van der Waals surface area contributed by atoms with Gasteiger partial charge >= 0.3 is 0 Å². The van der Waals surface area contributed by atoms with Gasteiger partial charge in [0.25, 0.3) is 0 Å². The Morgan fingerprint density at radius 2 is 1.80 bits per heavy atom. The number of benzene rings is 1.